The molecule has 1 aromatic heterocycles. The van der Waals surface area contributed by atoms with Gasteiger partial charge in [-0.3, -0.25) is 14.6 Å². The Morgan fingerprint density at radius 3 is 2.67 bits per heavy atom. The van der Waals surface area contributed by atoms with Crippen molar-refractivity contribution < 1.29 is 23.1 Å². The average molecular weight is 313 g/mol. The second kappa shape index (κ2) is 5.76. The van der Waals surface area contributed by atoms with Gasteiger partial charge < -0.3 is 10.0 Å². The Hall–Kier alpha value is -2.03. The topological polar surface area (TPSA) is 118 Å². The normalized spacial score (nSPS) is 21.0. The van der Waals surface area contributed by atoms with Gasteiger partial charge in [0.25, 0.3) is 5.91 Å². The SMILES string of the molecule is Cc1cnc(C(=O)N2CCS(=O)(=O)CC2CC(=O)O)cn1. The summed E-state index contributed by atoms with van der Waals surface area (Å²) < 4.78 is 23.3. The second-order valence-corrected chi connectivity index (χ2v) is 7.14. The fourth-order valence-corrected chi connectivity index (χ4v) is 3.70. The molecule has 1 fully saturated rings. The van der Waals surface area contributed by atoms with Gasteiger partial charge in [0.15, 0.2) is 9.84 Å². The molecular weight excluding hydrogens is 298 g/mol. The Bertz CT molecular complexity index is 656. The summed E-state index contributed by atoms with van der Waals surface area (Å²) in [5.74, 6) is -2.16. The van der Waals surface area contributed by atoms with Gasteiger partial charge in [-0.15, -0.1) is 0 Å². The van der Waals surface area contributed by atoms with Crippen LogP contribution in [0.1, 0.15) is 22.6 Å². The average Bonchev–Trinajstić information content (AvgIpc) is 2.37. The summed E-state index contributed by atoms with van der Waals surface area (Å²) in [4.78, 5) is 32.4. The van der Waals surface area contributed by atoms with Crippen molar-refractivity contribution in [3.8, 4) is 0 Å². The molecule has 2 rings (SSSR count). The largest absolute Gasteiger partial charge is 0.481 e. The number of aryl methyl sites for hydroxylation is 1. The Morgan fingerprint density at radius 1 is 1.38 bits per heavy atom. The number of aliphatic carboxylic acids is 1. The molecular formula is C12H15N3O5S. The Balaban J connectivity index is 2.24. The minimum Gasteiger partial charge on any atom is -0.481 e. The maximum absolute atomic E-state index is 12.3. The van der Waals surface area contributed by atoms with E-state index in [1.54, 1.807) is 6.92 Å². The number of hydrogen-bond donors (Lipinski definition) is 1. The van der Waals surface area contributed by atoms with E-state index in [4.69, 9.17) is 5.11 Å². The molecule has 9 heteroatoms. The monoisotopic (exact) mass is 313 g/mol. The van der Waals surface area contributed by atoms with E-state index in [2.05, 4.69) is 9.97 Å². The Labute approximate surface area is 121 Å². The number of amides is 1. The molecule has 0 spiro atoms. The lowest BCUT2D eigenvalue weighted by atomic mass is 10.2. The van der Waals surface area contributed by atoms with Crippen LogP contribution in [0.4, 0.5) is 0 Å². The molecule has 1 amide bonds. The van der Waals surface area contributed by atoms with E-state index in [0.717, 1.165) is 0 Å². The van der Waals surface area contributed by atoms with Gasteiger partial charge in [0.2, 0.25) is 0 Å². The first-order valence-corrected chi connectivity index (χ1v) is 8.12. The van der Waals surface area contributed by atoms with Crippen molar-refractivity contribution in [1.29, 1.82) is 0 Å². The summed E-state index contributed by atoms with van der Waals surface area (Å²) in [5.41, 5.74) is 0.727. The minimum atomic E-state index is -3.33. The van der Waals surface area contributed by atoms with E-state index in [0.29, 0.717) is 5.69 Å². The molecule has 1 unspecified atom stereocenters. The van der Waals surface area contributed by atoms with Crippen LogP contribution in [0.3, 0.4) is 0 Å². The maximum Gasteiger partial charge on any atom is 0.305 e. The fraction of sp³-hybridized carbons (Fsp3) is 0.500. The van der Waals surface area contributed by atoms with Crippen molar-refractivity contribution in [2.75, 3.05) is 18.1 Å². The van der Waals surface area contributed by atoms with Gasteiger partial charge in [0.05, 0.1) is 35.9 Å². The molecule has 0 aromatic carbocycles. The van der Waals surface area contributed by atoms with E-state index in [9.17, 15) is 18.0 Å². The molecule has 8 nitrogen and oxygen atoms in total. The molecule has 2 heterocycles. The molecule has 1 saturated heterocycles. The summed E-state index contributed by atoms with van der Waals surface area (Å²) in [6.07, 6.45) is 2.32. The molecule has 114 valence electrons. The number of carboxylic acids is 1. The van der Waals surface area contributed by atoms with Gasteiger partial charge in [-0.1, -0.05) is 0 Å². The predicted molar refractivity (Wildman–Crippen MR) is 72.5 cm³/mol. The number of nitrogens with zero attached hydrogens (tertiary/aromatic N) is 3. The molecule has 21 heavy (non-hydrogen) atoms. The molecule has 1 N–H and O–H groups in total. The first-order chi connectivity index (χ1) is 9.78. The zero-order valence-corrected chi connectivity index (χ0v) is 12.2. The highest BCUT2D eigenvalue weighted by molar-refractivity contribution is 7.91. The van der Waals surface area contributed by atoms with Crippen molar-refractivity contribution in [2.24, 2.45) is 0 Å². The molecule has 0 radical (unpaired) electrons. The van der Waals surface area contributed by atoms with Gasteiger partial charge in [-0.05, 0) is 6.92 Å². The van der Waals surface area contributed by atoms with Gasteiger partial charge >= 0.3 is 5.97 Å². The zero-order chi connectivity index (χ0) is 15.6. The van der Waals surface area contributed by atoms with Crippen LogP contribution in [0.15, 0.2) is 12.4 Å². The van der Waals surface area contributed by atoms with Crippen LogP contribution in [-0.2, 0) is 14.6 Å². The molecule has 1 aliphatic heterocycles. The first-order valence-electron chi connectivity index (χ1n) is 6.30. The third-order valence-electron chi connectivity index (χ3n) is 3.20. The lowest BCUT2D eigenvalue weighted by Crippen LogP contribution is -2.52. The van der Waals surface area contributed by atoms with Crippen LogP contribution in [0, 0.1) is 6.92 Å². The number of sulfone groups is 1. The van der Waals surface area contributed by atoms with Crippen molar-refractivity contribution in [2.45, 2.75) is 19.4 Å². The minimum absolute atomic E-state index is 0.0331. The van der Waals surface area contributed by atoms with Gasteiger partial charge in [0.1, 0.15) is 5.69 Å². The van der Waals surface area contributed by atoms with Crippen LogP contribution < -0.4 is 0 Å². The van der Waals surface area contributed by atoms with Gasteiger partial charge in [-0.2, -0.15) is 0 Å². The maximum atomic E-state index is 12.3. The molecule has 0 saturated carbocycles. The number of carbonyl (C=O) groups excluding carboxylic acids is 1. The number of carbonyl (C=O) groups is 2. The van der Waals surface area contributed by atoms with E-state index in [1.165, 1.54) is 17.3 Å². The first kappa shape index (κ1) is 15.4. The Kier molecular flexibility index (Phi) is 4.21. The van der Waals surface area contributed by atoms with Crippen LogP contribution in [0.25, 0.3) is 0 Å². The van der Waals surface area contributed by atoms with Crippen molar-refractivity contribution >= 4 is 21.7 Å². The van der Waals surface area contributed by atoms with Crippen molar-refractivity contribution in [1.82, 2.24) is 14.9 Å². The summed E-state index contributed by atoms with van der Waals surface area (Å²) in [7, 11) is -3.33. The van der Waals surface area contributed by atoms with Crippen molar-refractivity contribution in [3.63, 3.8) is 0 Å². The molecule has 1 atom stereocenters. The van der Waals surface area contributed by atoms with Crippen LogP contribution >= 0.6 is 0 Å². The zero-order valence-electron chi connectivity index (χ0n) is 11.4. The van der Waals surface area contributed by atoms with E-state index < -0.39 is 34.2 Å². The molecule has 1 aromatic rings. The lowest BCUT2D eigenvalue weighted by Gasteiger charge is -2.34. The lowest BCUT2D eigenvalue weighted by molar-refractivity contribution is -0.138. The van der Waals surface area contributed by atoms with Crippen LogP contribution in [0.2, 0.25) is 0 Å². The Morgan fingerprint density at radius 2 is 2.10 bits per heavy atom. The van der Waals surface area contributed by atoms with Gasteiger partial charge in [0, 0.05) is 12.7 Å². The third kappa shape index (κ3) is 3.75. The predicted octanol–water partition coefficient (Wildman–Crippen LogP) is -0.501. The highest BCUT2D eigenvalue weighted by Gasteiger charge is 2.36. The quantitative estimate of drug-likeness (QED) is 0.799. The molecule has 0 aliphatic carbocycles. The smallest absolute Gasteiger partial charge is 0.305 e. The van der Waals surface area contributed by atoms with Crippen LogP contribution in [-0.4, -0.2) is 64.4 Å². The number of aromatic nitrogens is 2. The number of carboxylic acid groups (broad SMARTS) is 1. The highest BCUT2D eigenvalue weighted by atomic mass is 32.2. The second-order valence-electron chi connectivity index (χ2n) is 4.91. The third-order valence-corrected chi connectivity index (χ3v) is 4.90. The van der Waals surface area contributed by atoms with E-state index >= 15 is 0 Å². The van der Waals surface area contributed by atoms with E-state index in [1.807, 2.05) is 0 Å². The number of rotatable bonds is 3. The fourth-order valence-electron chi connectivity index (χ4n) is 2.17. The van der Waals surface area contributed by atoms with Crippen molar-refractivity contribution in [3.05, 3.63) is 23.8 Å². The standard InChI is InChI=1S/C12H15N3O5S/c1-8-5-14-10(6-13-8)12(18)15-2-3-21(19,20)7-9(15)4-11(16)17/h5-6,9H,2-4,7H2,1H3,(H,16,17). The van der Waals surface area contributed by atoms with E-state index in [-0.39, 0.29) is 23.7 Å². The molecule has 0 bridgehead atoms. The van der Waals surface area contributed by atoms with Crippen LogP contribution in [0.5, 0.6) is 0 Å². The summed E-state index contributed by atoms with van der Waals surface area (Å²) in [5, 5.41) is 8.88. The number of hydrogen-bond acceptors (Lipinski definition) is 6. The summed E-state index contributed by atoms with van der Waals surface area (Å²) in [6.45, 7) is 1.69. The molecule has 1 aliphatic rings. The highest BCUT2D eigenvalue weighted by Crippen LogP contribution is 2.17. The summed E-state index contributed by atoms with van der Waals surface area (Å²) >= 11 is 0. The van der Waals surface area contributed by atoms with Gasteiger partial charge in [-0.25, -0.2) is 13.4 Å². The summed E-state index contributed by atoms with van der Waals surface area (Å²) in [6, 6.07) is -0.878.